The number of ketones is 1. The number of hydrogen-bond acceptors (Lipinski definition) is 4. The summed E-state index contributed by atoms with van der Waals surface area (Å²) in [4.78, 5) is 28.1. The lowest BCUT2D eigenvalue weighted by Gasteiger charge is -2.04. The lowest BCUT2D eigenvalue weighted by atomic mass is 10.1. The van der Waals surface area contributed by atoms with Gasteiger partial charge in [0.2, 0.25) is 0 Å². The van der Waals surface area contributed by atoms with Crippen molar-refractivity contribution in [2.75, 3.05) is 5.32 Å². The predicted molar refractivity (Wildman–Crippen MR) is 103 cm³/mol. The molecule has 0 atom stereocenters. The normalized spacial score (nSPS) is 10.0. The number of Topliss-reactive ketones (excluding diaryl/α,β-unsaturated/α-hetero) is 1. The van der Waals surface area contributed by atoms with E-state index in [0.29, 0.717) is 23.2 Å². The van der Waals surface area contributed by atoms with Gasteiger partial charge < -0.3 is 9.73 Å². The maximum atomic E-state index is 12.2. The fourth-order valence-electron chi connectivity index (χ4n) is 2.48. The van der Waals surface area contributed by atoms with Crippen molar-refractivity contribution in [3.05, 3.63) is 83.1 Å². The first-order valence-electron chi connectivity index (χ1n) is 8.52. The number of aryl methyl sites for hydroxylation is 1. The van der Waals surface area contributed by atoms with Crippen LogP contribution in [0.5, 0.6) is 0 Å². The van der Waals surface area contributed by atoms with Crippen molar-refractivity contribution in [2.45, 2.75) is 20.3 Å². The maximum absolute atomic E-state index is 12.2. The average Bonchev–Trinajstić information content (AvgIpc) is 3.12. The smallest absolute Gasteiger partial charge is 0.291 e. The molecule has 2 aromatic heterocycles. The number of aromatic nitrogens is 1. The Bertz CT molecular complexity index is 1050. The van der Waals surface area contributed by atoms with Crippen molar-refractivity contribution in [1.82, 2.24) is 4.98 Å². The fourth-order valence-corrected chi connectivity index (χ4v) is 2.48. The van der Waals surface area contributed by atoms with E-state index in [1.54, 1.807) is 36.7 Å². The molecule has 0 radical (unpaired) electrons. The third-order valence-corrected chi connectivity index (χ3v) is 3.92. The van der Waals surface area contributed by atoms with Crippen LogP contribution in [0.3, 0.4) is 0 Å². The van der Waals surface area contributed by atoms with Crippen LogP contribution in [0, 0.1) is 18.8 Å². The highest BCUT2D eigenvalue weighted by Crippen LogP contribution is 2.15. The first-order chi connectivity index (χ1) is 13.1. The van der Waals surface area contributed by atoms with Crippen molar-refractivity contribution in [3.8, 4) is 11.8 Å². The van der Waals surface area contributed by atoms with Crippen molar-refractivity contribution >= 4 is 17.4 Å². The summed E-state index contributed by atoms with van der Waals surface area (Å²) in [6.07, 6.45) is 5.07. The molecule has 0 bridgehead atoms. The summed E-state index contributed by atoms with van der Waals surface area (Å²) in [5.41, 5.74) is 3.35. The topological polar surface area (TPSA) is 72.2 Å². The van der Waals surface area contributed by atoms with Gasteiger partial charge in [0, 0.05) is 46.8 Å². The first kappa shape index (κ1) is 18.2. The SMILES string of the molecule is CCC(=O)c1cncc(C#Cc2cccc(NC(=O)c3occc3C)c2)c1. The largest absolute Gasteiger partial charge is 0.459 e. The zero-order valence-electron chi connectivity index (χ0n) is 15.1. The van der Waals surface area contributed by atoms with Gasteiger partial charge in [0.1, 0.15) is 0 Å². The van der Waals surface area contributed by atoms with Gasteiger partial charge >= 0.3 is 0 Å². The molecular weight excluding hydrogens is 340 g/mol. The Hall–Kier alpha value is -3.65. The molecule has 0 saturated carbocycles. The molecule has 0 spiro atoms. The van der Waals surface area contributed by atoms with Gasteiger partial charge in [-0.25, -0.2) is 0 Å². The lowest BCUT2D eigenvalue weighted by molar-refractivity contribution is 0.0983. The molecule has 5 nitrogen and oxygen atoms in total. The van der Waals surface area contributed by atoms with Crippen molar-refractivity contribution in [1.29, 1.82) is 0 Å². The molecule has 3 aromatic rings. The highest BCUT2D eigenvalue weighted by Gasteiger charge is 2.12. The van der Waals surface area contributed by atoms with Crippen molar-refractivity contribution in [3.63, 3.8) is 0 Å². The van der Waals surface area contributed by atoms with Crippen LogP contribution in [0.2, 0.25) is 0 Å². The first-order valence-corrected chi connectivity index (χ1v) is 8.52. The Morgan fingerprint density at radius 2 is 1.93 bits per heavy atom. The molecule has 0 fully saturated rings. The Labute approximate surface area is 157 Å². The predicted octanol–water partition coefficient (Wildman–Crippen LogP) is 4.23. The minimum absolute atomic E-state index is 0.0316. The molecule has 0 saturated heterocycles. The number of rotatable bonds is 4. The quantitative estimate of drug-likeness (QED) is 0.560. The summed E-state index contributed by atoms with van der Waals surface area (Å²) in [5, 5.41) is 2.80. The minimum atomic E-state index is -0.308. The number of anilines is 1. The number of carbonyl (C=O) groups is 2. The van der Waals surface area contributed by atoms with Crippen molar-refractivity contribution < 1.29 is 14.0 Å². The zero-order valence-corrected chi connectivity index (χ0v) is 15.1. The zero-order chi connectivity index (χ0) is 19.2. The molecule has 1 aromatic carbocycles. The number of nitrogens with one attached hydrogen (secondary N) is 1. The van der Waals surface area contributed by atoms with E-state index in [1.165, 1.54) is 6.26 Å². The third-order valence-electron chi connectivity index (χ3n) is 3.92. The van der Waals surface area contributed by atoms with Gasteiger partial charge in [-0.1, -0.05) is 24.8 Å². The molecular formula is C22H18N2O3. The van der Waals surface area contributed by atoms with Crippen LogP contribution in [-0.4, -0.2) is 16.7 Å². The molecule has 3 rings (SSSR count). The second kappa shape index (κ2) is 8.15. The number of pyridine rings is 1. The van der Waals surface area contributed by atoms with Crippen molar-refractivity contribution in [2.24, 2.45) is 0 Å². The van der Waals surface area contributed by atoms with Gasteiger partial charge in [0.25, 0.3) is 5.91 Å². The number of amides is 1. The number of benzene rings is 1. The van der Waals surface area contributed by atoms with Crippen LogP contribution in [0.1, 0.15) is 50.9 Å². The number of furan rings is 1. The summed E-state index contributed by atoms with van der Waals surface area (Å²) in [6, 6.07) is 10.7. The molecule has 2 heterocycles. The second-order valence-electron chi connectivity index (χ2n) is 5.96. The van der Waals surface area contributed by atoms with Gasteiger partial charge in [0.15, 0.2) is 11.5 Å². The van der Waals surface area contributed by atoms with E-state index in [4.69, 9.17) is 4.42 Å². The van der Waals surface area contributed by atoms with Gasteiger partial charge in [-0.3, -0.25) is 14.6 Å². The van der Waals surface area contributed by atoms with Crippen LogP contribution in [-0.2, 0) is 0 Å². The third kappa shape index (κ3) is 4.50. The second-order valence-corrected chi connectivity index (χ2v) is 5.96. The van der Waals surface area contributed by atoms with Crippen LogP contribution in [0.4, 0.5) is 5.69 Å². The van der Waals surface area contributed by atoms with Gasteiger partial charge in [-0.05, 0) is 37.3 Å². The Balaban J connectivity index is 1.77. The number of carbonyl (C=O) groups excluding carboxylic acids is 2. The van der Waals surface area contributed by atoms with Gasteiger partial charge in [-0.2, -0.15) is 0 Å². The minimum Gasteiger partial charge on any atom is -0.459 e. The van der Waals surface area contributed by atoms with E-state index in [0.717, 1.165) is 11.1 Å². The van der Waals surface area contributed by atoms with Gasteiger partial charge in [-0.15, -0.1) is 0 Å². The van der Waals surface area contributed by atoms with E-state index in [2.05, 4.69) is 22.1 Å². The lowest BCUT2D eigenvalue weighted by Crippen LogP contribution is -2.12. The standard InChI is InChI=1S/C22H18N2O3/c1-3-20(25)18-11-17(13-23-14-18)8-7-16-5-4-6-19(12-16)24-22(26)21-15(2)9-10-27-21/h4-6,9-14H,3H2,1-2H3,(H,24,26). The molecule has 0 aliphatic heterocycles. The average molecular weight is 358 g/mol. The summed E-state index contributed by atoms with van der Waals surface area (Å²) in [6.45, 7) is 3.62. The monoisotopic (exact) mass is 358 g/mol. The van der Waals surface area contributed by atoms with Crippen LogP contribution in [0.15, 0.2) is 59.5 Å². The van der Waals surface area contributed by atoms with Gasteiger partial charge in [0.05, 0.1) is 6.26 Å². The van der Waals surface area contributed by atoms with Crippen LogP contribution < -0.4 is 5.32 Å². The van der Waals surface area contributed by atoms with E-state index >= 15 is 0 Å². The van der Waals surface area contributed by atoms with Crippen LogP contribution in [0.25, 0.3) is 0 Å². The van der Waals surface area contributed by atoms with E-state index < -0.39 is 0 Å². The molecule has 0 aliphatic carbocycles. The highest BCUT2D eigenvalue weighted by molar-refractivity contribution is 6.03. The number of hydrogen-bond donors (Lipinski definition) is 1. The van der Waals surface area contributed by atoms with E-state index in [-0.39, 0.29) is 17.5 Å². The molecule has 1 amide bonds. The van der Waals surface area contributed by atoms with E-state index in [1.807, 2.05) is 26.0 Å². The molecule has 0 aliphatic rings. The fraction of sp³-hybridized carbons (Fsp3) is 0.136. The molecule has 0 unspecified atom stereocenters. The Kier molecular flexibility index (Phi) is 5.48. The molecule has 5 heteroatoms. The molecule has 134 valence electrons. The summed E-state index contributed by atoms with van der Waals surface area (Å²) < 4.78 is 5.20. The maximum Gasteiger partial charge on any atom is 0.291 e. The molecule has 1 N–H and O–H groups in total. The van der Waals surface area contributed by atoms with Crippen LogP contribution >= 0.6 is 0 Å². The Morgan fingerprint density at radius 3 is 2.67 bits per heavy atom. The summed E-state index contributed by atoms with van der Waals surface area (Å²) in [5.74, 6) is 6.04. The highest BCUT2D eigenvalue weighted by atomic mass is 16.3. The summed E-state index contributed by atoms with van der Waals surface area (Å²) in [7, 11) is 0. The van der Waals surface area contributed by atoms with E-state index in [9.17, 15) is 9.59 Å². The Morgan fingerprint density at radius 1 is 1.11 bits per heavy atom. The number of nitrogens with zero attached hydrogens (tertiary/aromatic N) is 1. The summed E-state index contributed by atoms with van der Waals surface area (Å²) >= 11 is 0. The molecule has 27 heavy (non-hydrogen) atoms.